The highest BCUT2D eigenvalue weighted by atomic mass is 16.7. The van der Waals surface area contributed by atoms with Crippen LogP contribution in [0.2, 0.25) is 0 Å². The van der Waals surface area contributed by atoms with Gasteiger partial charge < -0.3 is 35.2 Å². The first-order chi connectivity index (χ1) is 8.47. The Morgan fingerprint density at radius 1 is 1.28 bits per heavy atom. The van der Waals surface area contributed by atoms with Crippen molar-refractivity contribution >= 4 is 5.91 Å². The SMILES string of the molecule is CC(=O)N[C@@H](C1OCCO1)[C@@H](O)[C@H](O)[C@H](O)CO. The van der Waals surface area contributed by atoms with Crippen LogP contribution < -0.4 is 5.32 Å². The second kappa shape index (κ2) is 6.98. The molecule has 106 valence electrons. The molecule has 8 nitrogen and oxygen atoms in total. The van der Waals surface area contributed by atoms with Gasteiger partial charge in [0.15, 0.2) is 6.29 Å². The second-order valence-corrected chi connectivity index (χ2v) is 4.07. The zero-order chi connectivity index (χ0) is 13.7. The number of carbonyl (C=O) groups excluding carboxylic acids is 1. The summed E-state index contributed by atoms with van der Waals surface area (Å²) < 4.78 is 10.3. The third kappa shape index (κ3) is 3.87. The topological polar surface area (TPSA) is 128 Å². The second-order valence-electron chi connectivity index (χ2n) is 4.07. The number of nitrogens with one attached hydrogen (secondary N) is 1. The molecule has 18 heavy (non-hydrogen) atoms. The highest BCUT2D eigenvalue weighted by molar-refractivity contribution is 5.73. The highest BCUT2D eigenvalue weighted by Crippen LogP contribution is 2.15. The molecular weight excluding hydrogens is 246 g/mol. The molecule has 1 amide bonds. The Labute approximate surface area is 104 Å². The molecule has 1 rings (SSSR count). The summed E-state index contributed by atoms with van der Waals surface area (Å²) in [7, 11) is 0. The van der Waals surface area contributed by atoms with Gasteiger partial charge in [-0.3, -0.25) is 4.79 Å². The lowest BCUT2D eigenvalue weighted by molar-refractivity contribution is -0.149. The van der Waals surface area contributed by atoms with E-state index in [1.165, 1.54) is 6.92 Å². The van der Waals surface area contributed by atoms with Crippen molar-refractivity contribution in [3.63, 3.8) is 0 Å². The molecule has 0 aromatic carbocycles. The van der Waals surface area contributed by atoms with Crippen molar-refractivity contribution in [3.05, 3.63) is 0 Å². The molecule has 1 aliphatic heterocycles. The fraction of sp³-hybridized carbons (Fsp3) is 0.900. The van der Waals surface area contributed by atoms with E-state index in [9.17, 15) is 20.1 Å². The highest BCUT2D eigenvalue weighted by Gasteiger charge is 2.39. The van der Waals surface area contributed by atoms with Crippen LogP contribution in [-0.2, 0) is 14.3 Å². The Morgan fingerprint density at radius 3 is 2.28 bits per heavy atom. The van der Waals surface area contributed by atoms with E-state index in [0.717, 1.165) is 0 Å². The Kier molecular flexibility index (Phi) is 5.93. The molecule has 0 aromatic heterocycles. The van der Waals surface area contributed by atoms with Gasteiger partial charge in [-0.1, -0.05) is 0 Å². The number of amides is 1. The number of aliphatic hydroxyl groups is 4. The third-order valence-corrected chi connectivity index (χ3v) is 2.61. The van der Waals surface area contributed by atoms with Gasteiger partial charge >= 0.3 is 0 Å². The summed E-state index contributed by atoms with van der Waals surface area (Å²) in [5.74, 6) is -0.441. The molecule has 0 aliphatic carbocycles. The van der Waals surface area contributed by atoms with E-state index in [-0.39, 0.29) is 0 Å². The van der Waals surface area contributed by atoms with Crippen molar-refractivity contribution in [2.45, 2.75) is 37.6 Å². The molecule has 8 heteroatoms. The van der Waals surface area contributed by atoms with Gasteiger partial charge in [-0.2, -0.15) is 0 Å². The molecule has 0 bridgehead atoms. The smallest absolute Gasteiger partial charge is 0.217 e. The fourth-order valence-electron chi connectivity index (χ4n) is 1.68. The van der Waals surface area contributed by atoms with Gasteiger partial charge in [0.1, 0.15) is 24.4 Å². The van der Waals surface area contributed by atoms with E-state index < -0.39 is 43.2 Å². The lowest BCUT2D eigenvalue weighted by Gasteiger charge is -2.31. The zero-order valence-electron chi connectivity index (χ0n) is 10.0. The van der Waals surface area contributed by atoms with Crippen LogP contribution in [0.3, 0.4) is 0 Å². The van der Waals surface area contributed by atoms with E-state index in [2.05, 4.69) is 5.32 Å². The molecule has 1 aliphatic rings. The number of hydrogen-bond acceptors (Lipinski definition) is 7. The van der Waals surface area contributed by atoms with Gasteiger partial charge in [-0.15, -0.1) is 0 Å². The largest absolute Gasteiger partial charge is 0.394 e. The van der Waals surface area contributed by atoms with E-state index in [1.807, 2.05) is 0 Å². The fourth-order valence-corrected chi connectivity index (χ4v) is 1.68. The van der Waals surface area contributed by atoms with Crippen molar-refractivity contribution < 1.29 is 34.7 Å². The first-order valence-electron chi connectivity index (χ1n) is 5.62. The van der Waals surface area contributed by atoms with Crippen LogP contribution >= 0.6 is 0 Å². The molecule has 0 spiro atoms. The number of rotatable bonds is 6. The Morgan fingerprint density at radius 2 is 1.83 bits per heavy atom. The minimum Gasteiger partial charge on any atom is -0.394 e. The maximum Gasteiger partial charge on any atom is 0.217 e. The molecule has 0 aromatic rings. The van der Waals surface area contributed by atoms with Gasteiger partial charge in [-0.05, 0) is 0 Å². The van der Waals surface area contributed by atoms with Crippen LogP contribution in [0.4, 0.5) is 0 Å². The Balaban J connectivity index is 2.71. The van der Waals surface area contributed by atoms with E-state index in [0.29, 0.717) is 13.2 Å². The van der Waals surface area contributed by atoms with Crippen LogP contribution in [0, 0.1) is 0 Å². The quantitative estimate of drug-likeness (QED) is 0.345. The Hall–Kier alpha value is -0.770. The molecule has 0 saturated carbocycles. The predicted molar refractivity (Wildman–Crippen MR) is 58.4 cm³/mol. The molecular formula is C10H19NO7. The molecule has 0 radical (unpaired) electrons. The van der Waals surface area contributed by atoms with E-state index in [4.69, 9.17) is 14.6 Å². The number of carbonyl (C=O) groups is 1. The molecule has 0 unspecified atom stereocenters. The number of ether oxygens (including phenoxy) is 2. The summed E-state index contributed by atoms with van der Waals surface area (Å²) in [4.78, 5) is 11.1. The molecule has 1 saturated heterocycles. The average molecular weight is 265 g/mol. The number of aliphatic hydroxyl groups excluding tert-OH is 4. The number of hydrogen-bond donors (Lipinski definition) is 5. The summed E-state index contributed by atoms with van der Waals surface area (Å²) in [5.41, 5.74) is 0. The normalized spacial score (nSPS) is 23.4. The summed E-state index contributed by atoms with van der Waals surface area (Å²) in [6.45, 7) is 1.15. The molecule has 1 heterocycles. The monoisotopic (exact) mass is 265 g/mol. The van der Waals surface area contributed by atoms with Gasteiger partial charge in [0, 0.05) is 6.92 Å². The van der Waals surface area contributed by atoms with Crippen LogP contribution in [0.25, 0.3) is 0 Å². The predicted octanol–water partition coefficient (Wildman–Crippen LogP) is -3.06. The van der Waals surface area contributed by atoms with Crippen LogP contribution in [-0.4, -0.2) is 76.8 Å². The van der Waals surface area contributed by atoms with Gasteiger partial charge in [-0.25, -0.2) is 0 Å². The zero-order valence-corrected chi connectivity index (χ0v) is 10.0. The van der Waals surface area contributed by atoms with Crippen molar-refractivity contribution in [1.29, 1.82) is 0 Å². The lowest BCUT2D eigenvalue weighted by atomic mass is 10.0. The lowest BCUT2D eigenvalue weighted by Crippen LogP contribution is -2.57. The third-order valence-electron chi connectivity index (χ3n) is 2.61. The molecule has 4 atom stereocenters. The van der Waals surface area contributed by atoms with E-state index in [1.54, 1.807) is 0 Å². The standard InChI is InChI=1S/C10H19NO7/c1-5(13)11-7(10-17-2-3-18-10)9(16)8(15)6(14)4-12/h6-10,12,14-16H,2-4H2,1H3,(H,11,13)/t6-,7-,8-,9-/m1/s1. The van der Waals surface area contributed by atoms with Crippen molar-refractivity contribution in [2.75, 3.05) is 19.8 Å². The minimum absolute atomic E-state index is 0.312. The van der Waals surface area contributed by atoms with Crippen molar-refractivity contribution in [1.82, 2.24) is 5.32 Å². The summed E-state index contributed by atoms with van der Waals surface area (Å²) in [5, 5.41) is 39.9. The summed E-state index contributed by atoms with van der Waals surface area (Å²) >= 11 is 0. The average Bonchev–Trinajstić information content (AvgIpc) is 2.86. The van der Waals surface area contributed by atoms with Gasteiger partial charge in [0.25, 0.3) is 0 Å². The summed E-state index contributed by atoms with van der Waals surface area (Å²) in [6, 6.07) is -1.03. The van der Waals surface area contributed by atoms with E-state index >= 15 is 0 Å². The van der Waals surface area contributed by atoms with Crippen molar-refractivity contribution in [2.24, 2.45) is 0 Å². The molecule has 1 fully saturated rings. The van der Waals surface area contributed by atoms with Crippen LogP contribution in [0.1, 0.15) is 6.92 Å². The van der Waals surface area contributed by atoms with Crippen LogP contribution in [0.5, 0.6) is 0 Å². The summed E-state index contributed by atoms with van der Waals surface area (Å²) in [6.07, 6.45) is -5.57. The first-order valence-corrected chi connectivity index (χ1v) is 5.62. The maximum absolute atomic E-state index is 11.1. The molecule has 5 N–H and O–H groups in total. The van der Waals surface area contributed by atoms with Gasteiger partial charge in [0.2, 0.25) is 5.91 Å². The van der Waals surface area contributed by atoms with Crippen LogP contribution in [0.15, 0.2) is 0 Å². The maximum atomic E-state index is 11.1. The van der Waals surface area contributed by atoms with Crippen molar-refractivity contribution in [3.8, 4) is 0 Å². The Bertz CT molecular complexity index is 269. The minimum atomic E-state index is -1.63. The van der Waals surface area contributed by atoms with Gasteiger partial charge in [0.05, 0.1) is 19.8 Å². The first kappa shape index (κ1) is 15.3.